The van der Waals surface area contributed by atoms with E-state index < -0.39 is 0 Å². The quantitative estimate of drug-likeness (QED) is 0.717. The Bertz CT molecular complexity index is 915. The van der Waals surface area contributed by atoms with E-state index >= 15 is 0 Å². The van der Waals surface area contributed by atoms with Crippen molar-refractivity contribution in [2.45, 2.75) is 18.9 Å². The summed E-state index contributed by atoms with van der Waals surface area (Å²) in [6.07, 6.45) is 2.50. The molecule has 0 saturated carbocycles. The second-order valence-electron chi connectivity index (χ2n) is 6.60. The van der Waals surface area contributed by atoms with E-state index in [1.165, 1.54) is 10.9 Å². The minimum absolute atomic E-state index is 0.0240. The smallest absolute Gasteiger partial charge is 0.210 e. The minimum Gasteiger partial charge on any atom is -0.493 e. The number of aromatic amines is 1. The van der Waals surface area contributed by atoms with Gasteiger partial charge in [0, 0.05) is 24.2 Å². The lowest BCUT2D eigenvalue weighted by Crippen LogP contribution is -2.35. The summed E-state index contributed by atoms with van der Waals surface area (Å²) in [6, 6.07) is 14.4. The average molecular weight is 350 g/mol. The Hall–Kier alpha value is -2.95. The molecule has 1 amide bonds. The SMILES string of the molecule is COc1cc2c(cc1OC)[C@H](Cc1cc3ccccc3[nH]1)N(C=O)CC2. The Morgan fingerprint density at radius 2 is 1.92 bits per heavy atom. The predicted molar refractivity (Wildman–Crippen MR) is 101 cm³/mol. The van der Waals surface area contributed by atoms with Gasteiger partial charge in [0.15, 0.2) is 11.5 Å². The van der Waals surface area contributed by atoms with Crippen LogP contribution in [0.15, 0.2) is 42.5 Å². The van der Waals surface area contributed by atoms with E-state index in [1.807, 2.05) is 29.2 Å². The fraction of sp³-hybridized carbons (Fsp3) is 0.286. The Kier molecular flexibility index (Phi) is 4.29. The molecule has 0 fully saturated rings. The van der Waals surface area contributed by atoms with E-state index in [2.05, 4.69) is 23.2 Å². The summed E-state index contributed by atoms with van der Waals surface area (Å²) in [6.45, 7) is 0.705. The molecule has 1 aliphatic rings. The number of H-pyrrole nitrogens is 1. The first-order chi connectivity index (χ1) is 12.7. The molecule has 0 spiro atoms. The standard InChI is InChI=1S/C21H22N2O3/c1-25-20-10-14-7-8-23(13-24)19(17(14)12-21(20)26-2)11-16-9-15-5-3-4-6-18(15)22-16/h3-6,9-10,12-13,19,22H,7-8,11H2,1-2H3/t19-/m0/s1. The van der Waals surface area contributed by atoms with E-state index in [-0.39, 0.29) is 6.04 Å². The monoisotopic (exact) mass is 350 g/mol. The summed E-state index contributed by atoms with van der Waals surface area (Å²) < 4.78 is 10.9. The zero-order valence-electron chi connectivity index (χ0n) is 15.0. The van der Waals surface area contributed by atoms with Crippen LogP contribution in [0.5, 0.6) is 11.5 Å². The van der Waals surface area contributed by atoms with Crippen LogP contribution >= 0.6 is 0 Å². The number of aromatic nitrogens is 1. The van der Waals surface area contributed by atoms with Gasteiger partial charge in [-0.3, -0.25) is 4.79 Å². The van der Waals surface area contributed by atoms with E-state index in [0.29, 0.717) is 12.3 Å². The Morgan fingerprint density at radius 3 is 2.65 bits per heavy atom. The number of hydrogen-bond donors (Lipinski definition) is 1. The molecule has 3 aromatic rings. The fourth-order valence-electron chi connectivity index (χ4n) is 3.85. The second-order valence-corrected chi connectivity index (χ2v) is 6.60. The van der Waals surface area contributed by atoms with Crippen LogP contribution in [0.4, 0.5) is 0 Å². The molecule has 1 aliphatic heterocycles. The molecule has 2 aromatic carbocycles. The third-order valence-electron chi connectivity index (χ3n) is 5.18. The number of amides is 1. The summed E-state index contributed by atoms with van der Waals surface area (Å²) in [7, 11) is 3.28. The van der Waals surface area contributed by atoms with Crippen molar-refractivity contribution in [1.29, 1.82) is 0 Å². The number of fused-ring (bicyclic) bond motifs is 2. The Balaban J connectivity index is 1.75. The van der Waals surface area contributed by atoms with Gasteiger partial charge < -0.3 is 19.4 Å². The molecule has 1 aromatic heterocycles. The summed E-state index contributed by atoms with van der Waals surface area (Å²) in [5.41, 5.74) is 4.57. The number of hydrogen-bond acceptors (Lipinski definition) is 3. The number of methoxy groups -OCH3 is 2. The summed E-state index contributed by atoms with van der Waals surface area (Å²) in [4.78, 5) is 17.0. The van der Waals surface area contributed by atoms with Crippen molar-refractivity contribution in [3.05, 3.63) is 59.3 Å². The lowest BCUT2D eigenvalue weighted by atomic mass is 9.89. The molecule has 1 N–H and O–H groups in total. The van der Waals surface area contributed by atoms with Crippen LogP contribution in [0.1, 0.15) is 22.9 Å². The topological polar surface area (TPSA) is 54.6 Å². The van der Waals surface area contributed by atoms with Gasteiger partial charge in [0.2, 0.25) is 6.41 Å². The number of carbonyl (C=O) groups is 1. The van der Waals surface area contributed by atoms with Crippen LogP contribution in [0.25, 0.3) is 10.9 Å². The maximum Gasteiger partial charge on any atom is 0.210 e. The van der Waals surface area contributed by atoms with Gasteiger partial charge in [0.1, 0.15) is 0 Å². The molecular formula is C21H22N2O3. The zero-order valence-corrected chi connectivity index (χ0v) is 15.0. The molecule has 2 heterocycles. The summed E-state index contributed by atoms with van der Waals surface area (Å²) in [5, 5.41) is 1.18. The highest BCUT2D eigenvalue weighted by Gasteiger charge is 2.29. The normalized spacial score (nSPS) is 16.4. The number of ether oxygens (including phenoxy) is 2. The van der Waals surface area contributed by atoms with E-state index in [0.717, 1.165) is 41.8 Å². The third-order valence-corrected chi connectivity index (χ3v) is 5.18. The Labute approximate surface area is 152 Å². The molecule has 5 heteroatoms. The van der Waals surface area contributed by atoms with Gasteiger partial charge in [-0.2, -0.15) is 0 Å². The largest absolute Gasteiger partial charge is 0.493 e. The van der Waals surface area contributed by atoms with Gasteiger partial charge in [-0.1, -0.05) is 18.2 Å². The van der Waals surface area contributed by atoms with Crippen molar-refractivity contribution < 1.29 is 14.3 Å². The van der Waals surface area contributed by atoms with Crippen molar-refractivity contribution in [2.75, 3.05) is 20.8 Å². The first-order valence-corrected chi connectivity index (χ1v) is 8.76. The van der Waals surface area contributed by atoms with Crippen LogP contribution in [-0.2, 0) is 17.6 Å². The van der Waals surface area contributed by atoms with Crippen molar-refractivity contribution in [3.8, 4) is 11.5 Å². The molecule has 0 unspecified atom stereocenters. The van der Waals surface area contributed by atoms with Crippen molar-refractivity contribution in [1.82, 2.24) is 9.88 Å². The van der Waals surface area contributed by atoms with Gasteiger partial charge in [-0.25, -0.2) is 0 Å². The Morgan fingerprint density at radius 1 is 1.15 bits per heavy atom. The average Bonchev–Trinajstić information content (AvgIpc) is 3.09. The van der Waals surface area contributed by atoms with Gasteiger partial charge in [-0.05, 0) is 47.2 Å². The predicted octanol–water partition coefficient (Wildman–Crippen LogP) is 3.48. The zero-order chi connectivity index (χ0) is 18.1. The highest BCUT2D eigenvalue weighted by molar-refractivity contribution is 5.80. The molecular weight excluding hydrogens is 328 g/mol. The van der Waals surface area contributed by atoms with Crippen LogP contribution < -0.4 is 9.47 Å². The number of para-hydroxylation sites is 1. The lowest BCUT2D eigenvalue weighted by molar-refractivity contribution is -0.120. The van der Waals surface area contributed by atoms with Crippen molar-refractivity contribution in [3.63, 3.8) is 0 Å². The first kappa shape index (κ1) is 16.5. The summed E-state index contributed by atoms with van der Waals surface area (Å²) in [5.74, 6) is 1.43. The van der Waals surface area contributed by atoms with E-state index in [9.17, 15) is 4.79 Å². The fourth-order valence-corrected chi connectivity index (χ4v) is 3.85. The second kappa shape index (κ2) is 6.75. The van der Waals surface area contributed by atoms with E-state index in [1.54, 1.807) is 14.2 Å². The molecule has 4 rings (SSSR count). The number of carbonyl (C=O) groups excluding carboxylic acids is 1. The van der Waals surface area contributed by atoms with Crippen LogP contribution in [0, 0.1) is 0 Å². The van der Waals surface area contributed by atoms with Crippen LogP contribution in [0.2, 0.25) is 0 Å². The minimum atomic E-state index is -0.0240. The molecule has 134 valence electrons. The number of nitrogens with zero attached hydrogens (tertiary/aromatic N) is 1. The lowest BCUT2D eigenvalue weighted by Gasteiger charge is -2.35. The number of rotatable bonds is 5. The van der Waals surface area contributed by atoms with Gasteiger partial charge in [0.05, 0.1) is 20.3 Å². The molecule has 1 atom stereocenters. The number of benzene rings is 2. The van der Waals surface area contributed by atoms with Gasteiger partial charge in [0.25, 0.3) is 0 Å². The highest BCUT2D eigenvalue weighted by atomic mass is 16.5. The van der Waals surface area contributed by atoms with Crippen LogP contribution in [-0.4, -0.2) is 37.1 Å². The third kappa shape index (κ3) is 2.79. The molecule has 26 heavy (non-hydrogen) atoms. The maximum atomic E-state index is 11.7. The van der Waals surface area contributed by atoms with Crippen molar-refractivity contribution >= 4 is 17.3 Å². The summed E-state index contributed by atoms with van der Waals surface area (Å²) >= 11 is 0. The molecule has 0 bridgehead atoms. The van der Waals surface area contributed by atoms with E-state index in [4.69, 9.17) is 9.47 Å². The first-order valence-electron chi connectivity index (χ1n) is 8.76. The molecule has 0 saturated heterocycles. The van der Waals surface area contributed by atoms with Gasteiger partial charge in [-0.15, -0.1) is 0 Å². The highest BCUT2D eigenvalue weighted by Crippen LogP contribution is 2.39. The maximum absolute atomic E-state index is 11.7. The molecule has 0 aliphatic carbocycles. The van der Waals surface area contributed by atoms with Gasteiger partial charge >= 0.3 is 0 Å². The van der Waals surface area contributed by atoms with Crippen molar-refractivity contribution in [2.24, 2.45) is 0 Å². The van der Waals surface area contributed by atoms with Crippen LogP contribution in [0.3, 0.4) is 0 Å². The molecule has 0 radical (unpaired) electrons. The number of nitrogens with one attached hydrogen (secondary N) is 1. The molecule has 5 nitrogen and oxygen atoms in total.